The van der Waals surface area contributed by atoms with Gasteiger partial charge in [-0.3, -0.25) is 0 Å². The molecule has 0 fully saturated rings. The van der Waals surface area contributed by atoms with Crippen molar-refractivity contribution < 1.29 is 0 Å². The molecule has 0 N–H and O–H groups in total. The molecule has 0 aliphatic carbocycles. The zero-order chi connectivity index (χ0) is 16.1. The van der Waals surface area contributed by atoms with E-state index in [0.29, 0.717) is 0 Å². The van der Waals surface area contributed by atoms with Gasteiger partial charge >= 0.3 is 0 Å². The van der Waals surface area contributed by atoms with E-state index in [0.717, 1.165) is 18.6 Å². The molecule has 0 aliphatic rings. The van der Waals surface area contributed by atoms with Gasteiger partial charge in [0.15, 0.2) is 0 Å². The van der Waals surface area contributed by atoms with Crippen molar-refractivity contribution >= 4 is 12.6 Å². The summed E-state index contributed by atoms with van der Waals surface area (Å²) in [6.45, 7) is 11.0. The average Bonchev–Trinajstić information content (AvgIpc) is 2.38. The van der Waals surface area contributed by atoms with Crippen LogP contribution in [0.4, 0.5) is 0 Å². The lowest BCUT2D eigenvalue weighted by Gasteiger charge is -2.02. The fraction of sp³-hybridized carbons (Fsp3) is 0.600. The van der Waals surface area contributed by atoms with Crippen molar-refractivity contribution in [3.8, 4) is 0 Å². The monoisotopic (exact) mass is 306 g/mol. The van der Waals surface area contributed by atoms with Gasteiger partial charge in [0.1, 0.15) is 0 Å². The van der Waals surface area contributed by atoms with E-state index in [1.807, 2.05) is 0 Å². The SMILES string of the molecule is CC(C)=CCC/C(C)=C/CC/C(C)=C\CC/C(C)=C\CS. The maximum atomic E-state index is 4.22. The molecule has 120 valence electrons. The van der Waals surface area contributed by atoms with Crippen molar-refractivity contribution in [3.63, 3.8) is 0 Å². The molecule has 0 aromatic heterocycles. The third-order valence-corrected chi connectivity index (χ3v) is 3.78. The van der Waals surface area contributed by atoms with Gasteiger partial charge in [0.2, 0.25) is 0 Å². The first-order valence-corrected chi connectivity index (χ1v) is 8.80. The molecule has 0 aromatic carbocycles. The van der Waals surface area contributed by atoms with Gasteiger partial charge in [0, 0.05) is 5.75 Å². The largest absolute Gasteiger partial charge is 0.175 e. The van der Waals surface area contributed by atoms with Crippen LogP contribution in [0.25, 0.3) is 0 Å². The van der Waals surface area contributed by atoms with Crippen LogP contribution in [0.2, 0.25) is 0 Å². The summed E-state index contributed by atoms with van der Waals surface area (Å²) in [6, 6.07) is 0. The van der Waals surface area contributed by atoms with Crippen LogP contribution in [0, 0.1) is 0 Å². The molecule has 0 nitrogen and oxygen atoms in total. The van der Waals surface area contributed by atoms with Gasteiger partial charge in [-0.25, -0.2) is 0 Å². The Balaban J connectivity index is 3.93. The molecule has 0 atom stereocenters. The summed E-state index contributed by atoms with van der Waals surface area (Å²) in [5, 5.41) is 0. The van der Waals surface area contributed by atoms with E-state index in [2.05, 4.69) is 71.6 Å². The first-order valence-electron chi connectivity index (χ1n) is 8.16. The Bertz CT molecular complexity index is 390. The van der Waals surface area contributed by atoms with Crippen molar-refractivity contribution in [2.75, 3.05) is 5.75 Å². The molecular weight excluding hydrogens is 272 g/mol. The molecule has 0 heterocycles. The molecule has 0 aliphatic heterocycles. The molecule has 0 spiro atoms. The third kappa shape index (κ3) is 14.0. The number of rotatable bonds is 10. The van der Waals surface area contributed by atoms with Crippen molar-refractivity contribution in [1.29, 1.82) is 0 Å². The summed E-state index contributed by atoms with van der Waals surface area (Å²) in [4.78, 5) is 0. The predicted octanol–water partition coefficient (Wildman–Crippen LogP) is 7.06. The average molecular weight is 307 g/mol. The lowest BCUT2D eigenvalue weighted by Crippen LogP contribution is -1.82. The third-order valence-electron chi connectivity index (χ3n) is 3.59. The van der Waals surface area contributed by atoms with Gasteiger partial charge in [-0.2, -0.15) is 12.6 Å². The first-order chi connectivity index (χ1) is 9.95. The maximum absolute atomic E-state index is 4.22. The van der Waals surface area contributed by atoms with Crippen LogP contribution in [0.1, 0.15) is 73.1 Å². The van der Waals surface area contributed by atoms with Crippen LogP contribution in [-0.2, 0) is 0 Å². The lowest BCUT2D eigenvalue weighted by molar-refractivity contribution is 0.899. The Hall–Kier alpha value is -0.690. The molecule has 1 heteroatoms. The summed E-state index contributed by atoms with van der Waals surface area (Å²) >= 11 is 4.22. The first kappa shape index (κ1) is 20.3. The van der Waals surface area contributed by atoms with Gasteiger partial charge in [0.25, 0.3) is 0 Å². The van der Waals surface area contributed by atoms with Crippen molar-refractivity contribution in [2.45, 2.75) is 73.1 Å². The Labute approximate surface area is 138 Å². The van der Waals surface area contributed by atoms with E-state index in [4.69, 9.17) is 0 Å². The molecule has 0 radical (unpaired) electrons. The van der Waals surface area contributed by atoms with Gasteiger partial charge in [-0.05, 0) is 73.1 Å². The van der Waals surface area contributed by atoms with Crippen LogP contribution >= 0.6 is 12.6 Å². The normalized spacial score (nSPS) is 13.5. The summed E-state index contributed by atoms with van der Waals surface area (Å²) in [6.07, 6.45) is 16.4. The van der Waals surface area contributed by atoms with Crippen molar-refractivity contribution in [2.24, 2.45) is 0 Å². The molecule has 21 heavy (non-hydrogen) atoms. The van der Waals surface area contributed by atoms with Crippen LogP contribution in [0.5, 0.6) is 0 Å². The molecule has 0 rings (SSSR count). The van der Waals surface area contributed by atoms with E-state index in [1.165, 1.54) is 48.0 Å². The fourth-order valence-electron chi connectivity index (χ4n) is 2.14. The smallest absolute Gasteiger partial charge is 0.00850 e. The number of hydrogen-bond acceptors (Lipinski definition) is 1. The standard InChI is InChI=1S/C20H34S/c1-17(2)9-6-10-18(3)11-7-12-19(4)13-8-14-20(5)15-16-21/h9,11,13,15,21H,6-8,10,12,14,16H2,1-5H3/b18-11+,19-13-,20-15-. The van der Waals surface area contributed by atoms with E-state index in [9.17, 15) is 0 Å². The summed E-state index contributed by atoms with van der Waals surface area (Å²) in [5.74, 6) is 0.853. The topological polar surface area (TPSA) is 0 Å². The highest BCUT2D eigenvalue weighted by atomic mass is 32.1. The van der Waals surface area contributed by atoms with Gasteiger partial charge in [-0.1, -0.05) is 46.6 Å². The highest BCUT2D eigenvalue weighted by molar-refractivity contribution is 7.80. The quantitative estimate of drug-likeness (QED) is 0.324. The second-order valence-electron chi connectivity index (χ2n) is 6.23. The Morgan fingerprint density at radius 3 is 1.38 bits per heavy atom. The number of allylic oxidation sites excluding steroid dienone is 7. The minimum Gasteiger partial charge on any atom is -0.175 e. The molecule has 0 saturated carbocycles. The fourth-order valence-corrected chi connectivity index (χ4v) is 2.45. The van der Waals surface area contributed by atoms with E-state index < -0.39 is 0 Å². The van der Waals surface area contributed by atoms with Crippen LogP contribution in [-0.4, -0.2) is 5.75 Å². The summed E-state index contributed by atoms with van der Waals surface area (Å²) in [7, 11) is 0. The zero-order valence-corrected chi connectivity index (χ0v) is 15.6. The maximum Gasteiger partial charge on any atom is 0.00850 e. The number of thiol groups is 1. The van der Waals surface area contributed by atoms with Crippen molar-refractivity contribution in [3.05, 3.63) is 46.6 Å². The van der Waals surface area contributed by atoms with Gasteiger partial charge < -0.3 is 0 Å². The molecule has 0 amide bonds. The molecule has 0 aromatic rings. The van der Waals surface area contributed by atoms with Crippen LogP contribution < -0.4 is 0 Å². The summed E-state index contributed by atoms with van der Waals surface area (Å²) < 4.78 is 0. The Kier molecular flexibility index (Phi) is 12.6. The van der Waals surface area contributed by atoms with E-state index in [-0.39, 0.29) is 0 Å². The molecule has 0 bridgehead atoms. The van der Waals surface area contributed by atoms with Crippen molar-refractivity contribution in [1.82, 2.24) is 0 Å². The van der Waals surface area contributed by atoms with E-state index in [1.54, 1.807) is 0 Å². The number of hydrogen-bond donors (Lipinski definition) is 1. The highest BCUT2D eigenvalue weighted by Gasteiger charge is 1.93. The summed E-state index contributed by atoms with van der Waals surface area (Å²) in [5.41, 5.74) is 5.91. The molecule has 0 unspecified atom stereocenters. The predicted molar refractivity (Wildman–Crippen MR) is 102 cm³/mol. The molecule has 0 saturated heterocycles. The highest BCUT2D eigenvalue weighted by Crippen LogP contribution is 2.13. The lowest BCUT2D eigenvalue weighted by atomic mass is 10.0. The van der Waals surface area contributed by atoms with E-state index >= 15 is 0 Å². The minimum atomic E-state index is 0.853. The Morgan fingerprint density at radius 2 is 1.00 bits per heavy atom. The minimum absolute atomic E-state index is 0.853. The zero-order valence-electron chi connectivity index (χ0n) is 14.7. The second kappa shape index (κ2) is 13.0. The van der Waals surface area contributed by atoms with Gasteiger partial charge in [-0.15, -0.1) is 0 Å². The van der Waals surface area contributed by atoms with Crippen LogP contribution in [0.15, 0.2) is 46.6 Å². The van der Waals surface area contributed by atoms with Crippen LogP contribution in [0.3, 0.4) is 0 Å². The van der Waals surface area contributed by atoms with Gasteiger partial charge in [0.05, 0.1) is 0 Å². The molecular formula is C20H34S. The Morgan fingerprint density at radius 1 is 0.619 bits per heavy atom. The second-order valence-corrected chi connectivity index (χ2v) is 6.60.